The number of fused-ring (bicyclic) bond motifs is 1. The van der Waals surface area contributed by atoms with Crippen molar-refractivity contribution < 1.29 is 0 Å². The highest BCUT2D eigenvalue weighted by molar-refractivity contribution is 7.13. The lowest BCUT2D eigenvalue weighted by molar-refractivity contribution is 0.260. The summed E-state index contributed by atoms with van der Waals surface area (Å²) in [6, 6.07) is 0.356. The Morgan fingerprint density at radius 1 is 1.37 bits per heavy atom. The summed E-state index contributed by atoms with van der Waals surface area (Å²) in [6.07, 6.45) is 5.94. The molecule has 0 spiro atoms. The Kier molecular flexibility index (Phi) is 3.11. The van der Waals surface area contributed by atoms with Crippen LogP contribution >= 0.6 is 11.3 Å². The van der Waals surface area contributed by atoms with Gasteiger partial charge in [0.05, 0.1) is 10.4 Å². The van der Waals surface area contributed by atoms with Crippen molar-refractivity contribution in [3.8, 4) is 10.7 Å². The molecular formula is C14H18N4S. The quantitative estimate of drug-likeness (QED) is 0.915. The Morgan fingerprint density at radius 3 is 2.89 bits per heavy atom. The third kappa shape index (κ3) is 2.40. The number of hydrogen-bond acceptors (Lipinski definition) is 5. The van der Waals surface area contributed by atoms with Crippen LogP contribution in [0.25, 0.3) is 10.7 Å². The van der Waals surface area contributed by atoms with E-state index in [0.717, 1.165) is 23.5 Å². The number of rotatable bonds is 2. The van der Waals surface area contributed by atoms with E-state index < -0.39 is 0 Å². The molecule has 3 rings (SSSR count). The van der Waals surface area contributed by atoms with E-state index in [-0.39, 0.29) is 5.41 Å². The Balaban J connectivity index is 2.04. The first kappa shape index (κ1) is 12.7. The Hall–Kier alpha value is -1.33. The normalized spacial score (nSPS) is 21.1. The monoisotopic (exact) mass is 274 g/mol. The molecule has 0 saturated heterocycles. The minimum atomic E-state index is 0.278. The van der Waals surface area contributed by atoms with E-state index in [4.69, 9.17) is 4.98 Å². The summed E-state index contributed by atoms with van der Waals surface area (Å²) >= 11 is 1.58. The van der Waals surface area contributed by atoms with E-state index in [1.807, 2.05) is 25.0 Å². The van der Waals surface area contributed by atoms with Gasteiger partial charge in [-0.15, -0.1) is 11.3 Å². The summed E-state index contributed by atoms with van der Waals surface area (Å²) in [5, 5.41) is 3.38. The van der Waals surface area contributed by atoms with Gasteiger partial charge in [0.15, 0.2) is 5.82 Å². The second-order valence-electron chi connectivity index (χ2n) is 5.85. The third-order valence-electron chi connectivity index (χ3n) is 3.68. The van der Waals surface area contributed by atoms with Gasteiger partial charge in [0.1, 0.15) is 0 Å². The lowest BCUT2D eigenvalue weighted by Gasteiger charge is -2.36. The third-order valence-corrected chi connectivity index (χ3v) is 4.45. The zero-order chi connectivity index (χ0) is 13.5. The fraction of sp³-hybridized carbons (Fsp3) is 0.500. The Labute approximate surface area is 117 Å². The summed E-state index contributed by atoms with van der Waals surface area (Å²) in [7, 11) is 2.01. The van der Waals surface area contributed by atoms with Gasteiger partial charge in [-0.05, 0) is 25.3 Å². The molecule has 2 heterocycles. The van der Waals surface area contributed by atoms with Crippen LogP contribution in [0, 0.1) is 5.41 Å². The molecule has 0 aromatic carbocycles. The van der Waals surface area contributed by atoms with Crippen LogP contribution in [-0.4, -0.2) is 22.0 Å². The van der Waals surface area contributed by atoms with Crippen LogP contribution < -0.4 is 5.32 Å². The fourth-order valence-corrected chi connectivity index (χ4v) is 3.31. The summed E-state index contributed by atoms with van der Waals surface area (Å²) in [5.74, 6) is 0.800. The number of aromatic nitrogens is 3. The van der Waals surface area contributed by atoms with Crippen molar-refractivity contribution >= 4 is 11.3 Å². The zero-order valence-electron chi connectivity index (χ0n) is 11.5. The van der Waals surface area contributed by atoms with Gasteiger partial charge in [-0.3, -0.25) is 4.98 Å². The largest absolute Gasteiger partial charge is 0.313 e. The van der Waals surface area contributed by atoms with E-state index >= 15 is 0 Å². The Bertz CT molecular complexity index is 577. The van der Waals surface area contributed by atoms with Crippen LogP contribution in [-0.2, 0) is 6.42 Å². The van der Waals surface area contributed by atoms with Crippen molar-refractivity contribution in [3.63, 3.8) is 0 Å². The number of thiazole rings is 1. The first-order chi connectivity index (χ1) is 9.09. The maximum Gasteiger partial charge on any atom is 0.171 e. The van der Waals surface area contributed by atoms with Crippen LogP contribution in [0.3, 0.4) is 0 Å². The molecule has 2 aromatic heterocycles. The second kappa shape index (κ2) is 4.65. The van der Waals surface area contributed by atoms with Gasteiger partial charge in [0.25, 0.3) is 0 Å². The standard InChI is InChI=1S/C14H18N4S/c1-14(2)4-10(15-3)9-6-17-13(18-11(9)5-14)12-7-16-8-19-12/h6-8,10,15H,4-5H2,1-3H3. The second-order valence-corrected chi connectivity index (χ2v) is 6.73. The molecule has 0 aliphatic heterocycles. The molecule has 1 atom stereocenters. The smallest absolute Gasteiger partial charge is 0.171 e. The van der Waals surface area contributed by atoms with Gasteiger partial charge in [0, 0.05) is 29.7 Å². The predicted molar refractivity (Wildman–Crippen MR) is 77.0 cm³/mol. The molecule has 1 aliphatic carbocycles. The van der Waals surface area contributed by atoms with E-state index in [1.54, 1.807) is 11.3 Å². The van der Waals surface area contributed by atoms with Crippen molar-refractivity contribution in [3.05, 3.63) is 29.2 Å². The minimum absolute atomic E-state index is 0.278. The van der Waals surface area contributed by atoms with E-state index in [9.17, 15) is 0 Å². The highest BCUT2D eigenvalue weighted by Gasteiger charge is 2.32. The SMILES string of the molecule is CNC1CC(C)(C)Cc2nc(-c3cncs3)ncc21. The summed E-state index contributed by atoms with van der Waals surface area (Å²) in [4.78, 5) is 14.4. The lowest BCUT2D eigenvalue weighted by Crippen LogP contribution is -2.32. The maximum absolute atomic E-state index is 4.77. The molecule has 2 aromatic rings. The zero-order valence-corrected chi connectivity index (χ0v) is 12.3. The van der Waals surface area contributed by atoms with Crippen molar-refractivity contribution in [1.82, 2.24) is 20.3 Å². The van der Waals surface area contributed by atoms with E-state index in [0.29, 0.717) is 6.04 Å². The molecule has 4 nitrogen and oxygen atoms in total. The summed E-state index contributed by atoms with van der Waals surface area (Å²) < 4.78 is 0. The molecule has 0 fully saturated rings. The first-order valence-corrected chi connectivity index (χ1v) is 7.39. The molecule has 5 heteroatoms. The van der Waals surface area contributed by atoms with Crippen LogP contribution in [0.4, 0.5) is 0 Å². The highest BCUT2D eigenvalue weighted by atomic mass is 32.1. The van der Waals surface area contributed by atoms with Crippen molar-refractivity contribution in [2.75, 3.05) is 7.05 Å². The van der Waals surface area contributed by atoms with Crippen LogP contribution in [0.2, 0.25) is 0 Å². The topological polar surface area (TPSA) is 50.7 Å². The molecule has 19 heavy (non-hydrogen) atoms. The molecule has 100 valence electrons. The van der Waals surface area contributed by atoms with E-state index in [2.05, 4.69) is 29.1 Å². The number of nitrogens with zero attached hydrogens (tertiary/aromatic N) is 3. The number of hydrogen-bond donors (Lipinski definition) is 1. The number of nitrogens with one attached hydrogen (secondary N) is 1. The van der Waals surface area contributed by atoms with Crippen molar-refractivity contribution in [1.29, 1.82) is 0 Å². The van der Waals surface area contributed by atoms with Crippen molar-refractivity contribution in [2.24, 2.45) is 5.41 Å². The summed E-state index contributed by atoms with van der Waals surface area (Å²) in [5.41, 5.74) is 4.52. The highest BCUT2D eigenvalue weighted by Crippen LogP contribution is 2.40. The van der Waals surface area contributed by atoms with Crippen LogP contribution in [0.5, 0.6) is 0 Å². The molecule has 0 saturated carbocycles. The fourth-order valence-electron chi connectivity index (χ4n) is 2.75. The Morgan fingerprint density at radius 2 is 2.21 bits per heavy atom. The molecule has 1 aliphatic rings. The minimum Gasteiger partial charge on any atom is -0.313 e. The summed E-state index contributed by atoms with van der Waals surface area (Å²) in [6.45, 7) is 4.60. The molecule has 1 unspecified atom stereocenters. The molecule has 0 bridgehead atoms. The van der Waals surface area contributed by atoms with E-state index in [1.165, 1.54) is 11.3 Å². The lowest BCUT2D eigenvalue weighted by atomic mass is 9.74. The van der Waals surface area contributed by atoms with Crippen molar-refractivity contribution in [2.45, 2.75) is 32.7 Å². The average Bonchev–Trinajstić information content (AvgIpc) is 2.89. The molecule has 1 N–H and O–H groups in total. The maximum atomic E-state index is 4.77. The van der Waals surface area contributed by atoms with Gasteiger partial charge in [-0.25, -0.2) is 9.97 Å². The van der Waals surface area contributed by atoms with Gasteiger partial charge in [-0.1, -0.05) is 13.8 Å². The van der Waals surface area contributed by atoms with Gasteiger partial charge in [0.2, 0.25) is 0 Å². The first-order valence-electron chi connectivity index (χ1n) is 6.51. The van der Waals surface area contributed by atoms with Gasteiger partial charge in [-0.2, -0.15) is 0 Å². The molecule has 0 amide bonds. The average molecular weight is 274 g/mol. The molecular weight excluding hydrogens is 256 g/mol. The van der Waals surface area contributed by atoms with Gasteiger partial charge < -0.3 is 5.32 Å². The van der Waals surface area contributed by atoms with Gasteiger partial charge >= 0.3 is 0 Å². The van der Waals surface area contributed by atoms with Crippen LogP contribution in [0.15, 0.2) is 17.9 Å². The predicted octanol–water partition coefficient (Wildman–Crippen LogP) is 2.83. The molecule has 0 radical (unpaired) electrons. The van der Waals surface area contributed by atoms with Crippen LogP contribution in [0.1, 0.15) is 37.6 Å².